The Labute approximate surface area is 195 Å². The summed E-state index contributed by atoms with van der Waals surface area (Å²) in [7, 11) is -3.51. The Balaban J connectivity index is 1.38. The summed E-state index contributed by atoms with van der Waals surface area (Å²) in [6.07, 6.45) is 0.883. The van der Waals surface area contributed by atoms with E-state index in [-0.39, 0.29) is 16.8 Å². The van der Waals surface area contributed by atoms with Gasteiger partial charge in [-0.25, -0.2) is 8.42 Å². The monoisotopic (exact) mass is 470 g/mol. The van der Waals surface area contributed by atoms with Crippen LogP contribution in [0, 0.1) is 0 Å². The third kappa shape index (κ3) is 5.13. The van der Waals surface area contributed by atoms with E-state index in [4.69, 9.17) is 9.15 Å². The lowest BCUT2D eigenvalue weighted by atomic mass is 10.1. The second kappa shape index (κ2) is 10.1. The van der Waals surface area contributed by atoms with Gasteiger partial charge >= 0.3 is 0 Å². The van der Waals surface area contributed by atoms with E-state index in [2.05, 4.69) is 0 Å². The van der Waals surface area contributed by atoms with Gasteiger partial charge in [-0.1, -0.05) is 30.3 Å². The number of ether oxygens (including phenoxy) is 1. The van der Waals surface area contributed by atoms with E-state index in [1.165, 1.54) is 4.31 Å². The normalized spacial score (nSPS) is 16.1. The third-order valence-corrected chi connectivity index (χ3v) is 8.06. The maximum atomic E-state index is 13.0. The molecular formula is C25H30N2O5S. The molecule has 1 unspecified atom stereocenters. The highest BCUT2D eigenvalue weighted by molar-refractivity contribution is 7.89. The fraction of sp³-hybridized carbons (Fsp3) is 0.400. The zero-order valence-corrected chi connectivity index (χ0v) is 19.9. The molecule has 0 spiro atoms. The number of fused-ring (bicyclic) bond motifs is 1. The van der Waals surface area contributed by atoms with Crippen LogP contribution in [0.25, 0.3) is 11.0 Å². The Kier molecular flexibility index (Phi) is 7.17. The number of sulfonamides is 1. The number of para-hydroxylation sites is 1. The molecule has 0 saturated carbocycles. The number of benzene rings is 2. The fourth-order valence-electron chi connectivity index (χ4n) is 4.19. The minimum atomic E-state index is -3.51. The van der Waals surface area contributed by atoms with Gasteiger partial charge in [0.1, 0.15) is 11.3 Å². The van der Waals surface area contributed by atoms with E-state index in [1.807, 2.05) is 49.1 Å². The third-order valence-electron chi connectivity index (χ3n) is 6.14. The molecule has 2 aromatic carbocycles. The number of morpholine rings is 1. The lowest BCUT2D eigenvalue weighted by Crippen LogP contribution is -2.40. The van der Waals surface area contributed by atoms with Crippen molar-refractivity contribution in [1.82, 2.24) is 9.21 Å². The van der Waals surface area contributed by atoms with Crippen LogP contribution >= 0.6 is 0 Å². The molecule has 1 saturated heterocycles. The Hall–Kier alpha value is -2.68. The van der Waals surface area contributed by atoms with Crippen LogP contribution in [0.3, 0.4) is 0 Å². The average Bonchev–Trinajstić information content (AvgIpc) is 3.28. The molecule has 7 nitrogen and oxygen atoms in total. The first-order valence-corrected chi connectivity index (χ1v) is 12.8. The van der Waals surface area contributed by atoms with Crippen LogP contribution in [0.2, 0.25) is 0 Å². The van der Waals surface area contributed by atoms with Gasteiger partial charge in [0.05, 0.1) is 24.2 Å². The van der Waals surface area contributed by atoms with Crippen molar-refractivity contribution in [2.45, 2.75) is 37.6 Å². The minimum absolute atomic E-state index is 0.0375. The number of rotatable bonds is 8. The van der Waals surface area contributed by atoms with Gasteiger partial charge in [0.25, 0.3) is 0 Å². The van der Waals surface area contributed by atoms with Crippen LogP contribution in [0.1, 0.15) is 37.6 Å². The van der Waals surface area contributed by atoms with E-state index in [0.29, 0.717) is 45.7 Å². The molecule has 1 aromatic heterocycles. The standard InChI is InChI=1S/C25H30N2O5S/c1-3-27(19(2)24-18-21-6-4-5-7-23(21)32-24)25(28)13-10-20-8-11-22(12-9-20)33(29,30)26-14-16-31-17-15-26/h4-9,11-12,18-19H,3,10,13-17H2,1-2H3. The zero-order chi connectivity index (χ0) is 23.4. The Morgan fingerprint density at radius 3 is 2.45 bits per heavy atom. The zero-order valence-electron chi connectivity index (χ0n) is 19.1. The molecule has 3 aromatic rings. The van der Waals surface area contributed by atoms with Crippen molar-refractivity contribution in [3.8, 4) is 0 Å². The maximum Gasteiger partial charge on any atom is 0.243 e. The lowest BCUT2D eigenvalue weighted by molar-refractivity contribution is -0.133. The first-order valence-electron chi connectivity index (χ1n) is 11.3. The minimum Gasteiger partial charge on any atom is -0.459 e. The number of aryl methyl sites for hydroxylation is 1. The number of furan rings is 1. The van der Waals surface area contributed by atoms with Crippen molar-refractivity contribution in [2.75, 3.05) is 32.8 Å². The van der Waals surface area contributed by atoms with Gasteiger partial charge in [0.2, 0.25) is 15.9 Å². The fourth-order valence-corrected chi connectivity index (χ4v) is 5.60. The molecule has 8 heteroatoms. The van der Waals surface area contributed by atoms with E-state index in [1.54, 1.807) is 24.3 Å². The average molecular weight is 471 g/mol. The van der Waals surface area contributed by atoms with Gasteiger partial charge in [-0.15, -0.1) is 0 Å². The molecule has 2 heterocycles. The smallest absolute Gasteiger partial charge is 0.243 e. The molecular weight excluding hydrogens is 440 g/mol. The summed E-state index contributed by atoms with van der Waals surface area (Å²) in [6.45, 7) is 6.09. The largest absolute Gasteiger partial charge is 0.459 e. The molecule has 4 rings (SSSR count). The first-order chi connectivity index (χ1) is 15.9. The summed E-state index contributed by atoms with van der Waals surface area (Å²) in [4.78, 5) is 15.1. The highest BCUT2D eigenvalue weighted by atomic mass is 32.2. The van der Waals surface area contributed by atoms with Crippen molar-refractivity contribution in [3.05, 3.63) is 65.9 Å². The number of carbonyl (C=O) groups excluding carboxylic acids is 1. The van der Waals surface area contributed by atoms with E-state index in [9.17, 15) is 13.2 Å². The molecule has 0 radical (unpaired) electrons. The molecule has 0 bridgehead atoms. The van der Waals surface area contributed by atoms with Gasteiger partial charge < -0.3 is 14.1 Å². The molecule has 1 aliphatic heterocycles. The summed E-state index contributed by atoms with van der Waals surface area (Å²) in [6, 6.07) is 16.5. The summed E-state index contributed by atoms with van der Waals surface area (Å²) in [5, 5.41) is 1.02. The van der Waals surface area contributed by atoms with Crippen LogP contribution in [0.4, 0.5) is 0 Å². The van der Waals surface area contributed by atoms with Gasteiger partial charge in [-0.3, -0.25) is 4.79 Å². The van der Waals surface area contributed by atoms with Crippen LogP contribution in [-0.2, 0) is 26.0 Å². The van der Waals surface area contributed by atoms with Gasteiger partial charge in [0, 0.05) is 31.4 Å². The second-order valence-corrected chi connectivity index (χ2v) is 10.1. The predicted octanol–water partition coefficient (Wildman–Crippen LogP) is 4.00. The molecule has 1 aliphatic rings. The predicted molar refractivity (Wildman–Crippen MR) is 126 cm³/mol. The highest BCUT2D eigenvalue weighted by Gasteiger charge is 2.26. The summed E-state index contributed by atoms with van der Waals surface area (Å²) in [5.41, 5.74) is 1.74. The number of amides is 1. The number of hydrogen-bond donors (Lipinski definition) is 0. The number of nitrogens with zero attached hydrogens (tertiary/aromatic N) is 2. The molecule has 176 valence electrons. The van der Waals surface area contributed by atoms with Crippen molar-refractivity contribution in [3.63, 3.8) is 0 Å². The molecule has 0 aliphatic carbocycles. The highest BCUT2D eigenvalue weighted by Crippen LogP contribution is 2.28. The molecule has 33 heavy (non-hydrogen) atoms. The van der Waals surface area contributed by atoms with Crippen molar-refractivity contribution >= 4 is 26.9 Å². The Morgan fingerprint density at radius 1 is 1.09 bits per heavy atom. The second-order valence-electron chi connectivity index (χ2n) is 8.20. The summed E-state index contributed by atoms with van der Waals surface area (Å²) in [5.74, 6) is 0.805. The molecule has 1 amide bonds. The molecule has 1 atom stereocenters. The van der Waals surface area contributed by atoms with Gasteiger partial charge in [-0.2, -0.15) is 4.31 Å². The van der Waals surface area contributed by atoms with Crippen molar-refractivity contribution in [2.24, 2.45) is 0 Å². The molecule has 1 fully saturated rings. The first kappa shape index (κ1) is 23.5. The van der Waals surface area contributed by atoms with E-state index >= 15 is 0 Å². The maximum absolute atomic E-state index is 13.0. The van der Waals surface area contributed by atoms with Crippen LogP contribution in [-0.4, -0.2) is 56.4 Å². The van der Waals surface area contributed by atoms with E-state index in [0.717, 1.165) is 22.3 Å². The van der Waals surface area contributed by atoms with E-state index < -0.39 is 10.0 Å². The van der Waals surface area contributed by atoms with Crippen molar-refractivity contribution in [1.29, 1.82) is 0 Å². The summed E-state index contributed by atoms with van der Waals surface area (Å²) < 4.78 is 38.2. The van der Waals surface area contributed by atoms with Crippen LogP contribution in [0.15, 0.2) is 63.9 Å². The van der Waals surface area contributed by atoms with Gasteiger partial charge in [-0.05, 0) is 50.1 Å². The number of carbonyl (C=O) groups is 1. The Morgan fingerprint density at radius 2 is 1.79 bits per heavy atom. The Bertz CT molecular complexity index is 1160. The van der Waals surface area contributed by atoms with Crippen molar-refractivity contribution < 1.29 is 22.4 Å². The number of hydrogen-bond acceptors (Lipinski definition) is 5. The summed E-state index contributed by atoms with van der Waals surface area (Å²) >= 11 is 0. The topological polar surface area (TPSA) is 80.1 Å². The molecule has 0 N–H and O–H groups in total. The SMILES string of the molecule is CCN(C(=O)CCc1ccc(S(=O)(=O)N2CCOCC2)cc1)C(C)c1cc2ccccc2o1. The lowest BCUT2D eigenvalue weighted by Gasteiger charge is -2.27. The van der Waals surface area contributed by atoms with Crippen LogP contribution in [0.5, 0.6) is 0 Å². The quantitative estimate of drug-likeness (QED) is 0.497. The van der Waals surface area contributed by atoms with Gasteiger partial charge in [0.15, 0.2) is 0 Å². The van der Waals surface area contributed by atoms with Crippen LogP contribution < -0.4 is 0 Å².